The number of aliphatic hydroxyl groups is 1. The highest BCUT2D eigenvalue weighted by molar-refractivity contribution is 7.91. The molecule has 0 bridgehead atoms. The predicted octanol–water partition coefficient (Wildman–Crippen LogP) is 2.18. The summed E-state index contributed by atoms with van der Waals surface area (Å²) in [4.78, 5) is 0. The van der Waals surface area contributed by atoms with Crippen molar-refractivity contribution in [1.82, 2.24) is 0 Å². The Labute approximate surface area is 113 Å². The van der Waals surface area contributed by atoms with Crippen LogP contribution in [0.2, 0.25) is 0 Å². The van der Waals surface area contributed by atoms with Crippen LogP contribution in [0, 0.1) is 0 Å². The lowest BCUT2D eigenvalue weighted by Gasteiger charge is -2.18. The summed E-state index contributed by atoms with van der Waals surface area (Å²) in [5.74, 6) is 0. The fraction of sp³-hybridized carbons (Fsp3) is 0.333. The number of sulfone groups is 1. The number of rotatable bonds is 4. The van der Waals surface area contributed by atoms with E-state index < -0.39 is 21.2 Å². The Bertz CT molecular complexity index is 671. The summed E-state index contributed by atoms with van der Waals surface area (Å²) in [7, 11) is -3.23. The van der Waals surface area contributed by atoms with E-state index in [0.717, 1.165) is 22.6 Å². The van der Waals surface area contributed by atoms with Crippen LogP contribution >= 0.6 is 0 Å². The van der Waals surface area contributed by atoms with Crippen LogP contribution in [0.25, 0.3) is 10.8 Å². The summed E-state index contributed by atoms with van der Waals surface area (Å²) in [5, 5.41) is 11.5. The fourth-order valence-corrected chi connectivity index (χ4v) is 2.81. The van der Waals surface area contributed by atoms with Gasteiger partial charge in [0.25, 0.3) is 0 Å². The molecule has 0 heterocycles. The predicted molar refractivity (Wildman–Crippen MR) is 78.0 cm³/mol. The highest BCUT2D eigenvalue weighted by atomic mass is 32.2. The average molecular weight is 278 g/mol. The van der Waals surface area contributed by atoms with Gasteiger partial charge >= 0.3 is 0 Å². The van der Waals surface area contributed by atoms with Gasteiger partial charge in [0.05, 0.1) is 11.4 Å². The van der Waals surface area contributed by atoms with Gasteiger partial charge in [0.1, 0.15) is 0 Å². The van der Waals surface area contributed by atoms with Gasteiger partial charge in [0, 0.05) is 12.7 Å². The van der Waals surface area contributed by atoms with Crippen molar-refractivity contribution < 1.29 is 13.5 Å². The van der Waals surface area contributed by atoms with E-state index in [1.54, 1.807) is 6.92 Å². The topological polar surface area (TPSA) is 54.4 Å². The van der Waals surface area contributed by atoms with Gasteiger partial charge < -0.3 is 5.11 Å². The van der Waals surface area contributed by atoms with Crippen LogP contribution in [-0.2, 0) is 16.3 Å². The molecule has 2 aromatic carbocycles. The minimum atomic E-state index is -3.23. The van der Waals surface area contributed by atoms with Crippen molar-refractivity contribution in [2.75, 3.05) is 6.26 Å². The molecule has 0 amide bonds. The zero-order valence-electron chi connectivity index (χ0n) is 11.1. The molecule has 4 heteroatoms. The van der Waals surface area contributed by atoms with Crippen molar-refractivity contribution in [2.45, 2.75) is 24.7 Å². The van der Waals surface area contributed by atoms with E-state index in [1.807, 2.05) is 42.5 Å². The van der Waals surface area contributed by atoms with E-state index in [2.05, 4.69) is 0 Å². The Morgan fingerprint density at radius 1 is 1.11 bits per heavy atom. The van der Waals surface area contributed by atoms with Crippen LogP contribution in [0.4, 0.5) is 0 Å². The summed E-state index contributed by atoms with van der Waals surface area (Å²) >= 11 is 0. The molecule has 0 aromatic heterocycles. The van der Waals surface area contributed by atoms with E-state index in [0.29, 0.717) is 6.42 Å². The molecule has 1 N–H and O–H groups in total. The normalized spacial score (nSPS) is 15.3. The van der Waals surface area contributed by atoms with E-state index >= 15 is 0 Å². The first-order valence-corrected chi connectivity index (χ1v) is 8.18. The quantitative estimate of drug-likeness (QED) is 0.932. The molecule has 2 rings (SSSR count). The Balaban J connectivity index is 2.32. The number of fused-ring (bicyclic) bond motifs is 1. The van der Waals surface area contributed by atoms with Crippen LogP contribution in [0.3, 0.4) is 0 Å². The molecule has 0 spiro atoms. The minimum absolute atomic E-state index is 0.343. The van der Waals surface area contributed by atoms with Crippen LogP contribution in [0.1, 0.15) is 12.5 Å². The Hall–Kier alpha value is -1.39. The third kappa shape index (κ3) is 3.14. The zero-order valence-corrected chi connectivity index (χ0v) is 11.9. The second-order valence-corrected chi connectivity index (χ2v) is 7.35. The molecule has 0 radical (unpaired) electrons. The molecule has 2 aromatic rings. The molecule has 0 aliphatic heterocycles. The Kier molecular flexibility index (Phi) is 3.92. The Morgan fingerprint density at radius 2 is 1.74 bits per heavy atom. The van der Waals surface area contributed by atoms with E-state index in [9.17, 15) is 13.5 Å². The van der Waals surface area contributed by atoms with Gasteiger partial charge in [-0.3, -0.25) is 0 Å². The van der Waals surface area contributed by atoms with E-state index in [4.69, 9.17) is 0 Å². The first-order chi connectivity index (χ1) is 8.89. The molecule has 3 nitrogen and oxygen atoms in total. The van der Waals surface area contributed by atoms with Crippen molar-refractivity contribution in [2.24, 2.45) is 0 Å². The number of aliphatic hydroxyl groups excluding tert-OH is 1. The smallest absolute Gasteiger partial charge is 0.152 e. The van der Waals surface area contributed by atoms with Gasteiger partial charge in [-0.1, -0.05) is 42.5 Å². The van der Waals surface area contributed by atoms with Crippen LogP contribution < -0.4 is 0 Å². The van der Waals surface area contributed by atoms with Gasteiger partial charge in [-0.2, -0.15) is 0 Å². The standard InChI is InChI=1S/C15H18O3S/c1-11(19(2,17)18)15(16)10-13-8-5-7-12-6-3-4-9-14(12)13/h3-9,11,15-16H,10H2,1-2H3. The molecular weight excluding hydrogens is 260 g/mol. The van der Waals surface area contributed by atoms with Gasteiger partial charge in [0.2, 0.25) is 0 Å². The molecule has 0 aliphatic carbocycles. The lowest BCUT2D eigenvalue weighted by Crippen LogP contribution is -2.32. The summed E-state index contributed by atoms with van der Waals surface area (Å²) in [6.45, 7) is 1.55. The highest BCUT2D eigenvalue weighted by Crippen LogP contribution is 2.21. The van der Waals surface area contributed by atoms with Crippen molar-refractivity contribution in [3.63, 3.8) is 0 Å². The van der Waals surface area contributed by atoms with Crippen LogP contribution in [0.15, 0.2) is 42.5 Å². The van der Waals surface area contributed by atoms with E-state index in [-0.39, 0.29) is 0 Å². The minimum Gasteiger partial charge on any atom is -0.391 e. The van der Waals surface area contributed by atoms with Gasteiger partial charge in [-0.25, -0.2) is 8.42 Å². The molecule has 0 saturated heterocycles. The number of hydrogen-bond acceptors (Lipinski definition) is 3. The summed E-state index contributed by atoms with van der Waals surface area (Å²) in [5.41, 5.74) is 0.973. The van der Waals surface area contributed by atoms with Crippen molar-refractivity contribution in [1.29, 1.82) is 0 Å². The largest absolute Gasteiger partial charge is 0.391 e. The van der Waals surface area contributed by atoms with Crippen LogP contribution in [-0.4, -0.2) is 31.1 Å². The summed E-state index contributed by atoms with van der Waals surface area (Å²) < 4.78 is 22.9. The molecule has 19 heavy (non-hydrogen) atoms. The monoisotopic (exact) mass is 278 g/mol. The molecule has 2 atom stereocenters. The zero-order chi connectivity index (χ0) is 14.0. The van der Waals surface area contributed by atoms with Crippen molar-refractivity contribution in [3.8, 4) is 0 Å². The SMILES string of the molecule is CC(C(O)Cc1cccc2ccccc12)S(C)(=O)=O. The first kappa shape index (κ1) is 14.0. The summed E-state index contributed by atoms with van der Waals surface area (Å²) in [6, 6.07) is 13.8. The van der Waals surface area contributed by atoms with Crippen molar-refractivity contribution in [3.05, 3.63) is 48.0 Å². The summed E-state index contributed by atoms with van der Waals surface area (Å²) in [6.07, 6.45) is 0.611. The molecule has 0 aliphatic rings. The second-order valence-electron chi connectivity index (χ2n) is 4.94. The highest BCUT2D eigenvalue weighted by Gasteiger charge is 2.24. The third-order valence-corrected chi connectivity index (χ3v) is 5.19. The van der Waals surface area contributed by atoms with Crippen LogP contribution in [0.5, 0.6) is 0 Å². The average Bonchev–Trinajstić information content (AvgIpc) is 2.37. The Morgan fingerprint density at radius 3 is 2.42 bits per heavy atom. The van der Waals surface area contributed by atoms with Gasteiger partial charge in [0.15, 0.2) is 9.84 Å². The lowest BCUT2D eigenvalue weighted by atomic mass is 9.99. The maximum absolute atomic E-state index is 11.5. The first-order valence-electron chi connectivity index (χ1n) is 6.23. The number of benzene rings is 2. The van der Waals surface area contributed by atoms with E-state index in [1.165, 1.54) is 0 Å². The molecule has 0 fully saturated rings. The number of hydrogen-bond donors (Lipinski definition) is 1. The second kappa shape index (κ2) is 5.31. The van der Waals surface area contributed by atoms with Gasteiger partial charge in [-0.05, 0) is 23.3 Å². The molecule has 2 unspecified atom stereocenters. The van der Waals surface area contributed by atoms with Gasteiger partial charge in [-0.15, -0.1) is 0 Å². The lowest BCUT2D eigenvalue weighted by molar-refractivity contribution is 0.173. The molecule has 102 valence electrons. The fourth-order valence-electron chi connectivity index (χ4n) is 2.15. The maximum atomic E-state index is 11.5. The van der Waals surface area contributed by atoms with Crippen molar-refractivity contribution >= 4 is 20.6 Å². The third-order valence-electron chi connectivity index (χ3n) is 3.53. The maximum Gasteiger partial charge on any atom is 0.152 e. The molecular formula is C15H18O3S. The molecule has 0 saturated carbocycles.